The Labute approximate surface area is 73.2 Å². The van der Waals surface area contributed by atoms with Gasteiger partial charge < -0.3 is 0 Å². The summed E-state index contributed by atoms with van der Waals surface area (Å²) in [6, 6.07) is 0. The molecule has 0 saturated carbocycles. The van der Waals surface area contributed by atoms with Gasteiger partial charge in [-0.15, -0.1) is 0 Å². The molecule has 0 aliphatic carbocycles. The average Bonchev–Trinajstić information content (AvgIpc) is 2.13. The molecule has 5 heteroatoms. The van der Waals surface area contributed by atoms with Crippen molar-refractivity contribution in [2.75, 3.05) is 0 Å². The number of nitrogens with zero attached hydrogens (tertiary/aromatic N) is 1. The molecular formula is C5H8N2S3. The van der Waals surface area contributed by atoms with Crippen LogP contribution in [0.3, 0.4) is 0 Å². The average molecular weight is 192 g/mol. The van der Waals surface area contributed by atoms with Crippen molar-refractivity contribution in [1.29, 1.82) is 0 Å². The first-order valence-electron chi connectivity index (χ1n) is 2.90. The Morgan fingerprint density at radius 1 is 1.70 bits per heavy atom. The Kier molecular flexibility index (Phi) is 2.88. The third-order valence-corrected chi connectivity index (χ3v) is 2.69. The number of rotatable bonds is 2. The van der Waals surface area contributed by atoms with E-state index in [1.165, 1.54) is 11.5 Å². The maximum absolute atomic E-state index is 4.85. The summed E-state index contributed by atoms with van der Waals surface area (Å²) in [5, 5.41) is 1.50. The molecule has 1 aromatic rings. The highest BCUT2D eigenvalue weighted by Crippen LogP contribution is 2.19. The molecule has 0 bridgehead atoms. The first-order valence-corrected chi connectivity index (χ1v) is 5.01. The number of thioether (sulfide) groups is 1. The highest BCUT2D eigenvalue weighted by atomic mass is 32.2. The normalized spacial score (nSPS) is 10.7. The zero-order chi connectivity index (χ0) is 7.56. The van der Waals surface area contributed by atoms with Crippen molar-refractivity contribution in [2.45, 2.75) is 24.3 Å². The van der Waals surface area contributed by atoms with Crippen LogP contribution in [-0.2, 0) is 0 Å². The number of H-pyrrole nitrogens is 1. The second-order valence-electron chi connectivity index (χ2n) is 2.05. The van der Waals surface area contributed by atoms with E-state index in [2.05, 4.69) is 23.2 Å². The van der Waals surface area contributed by atoms with Crippen LogP contribution in [0.1, 0.15) is 13.8 Å². The van der Waals surface area contributed by atoms with Crippen LogP contribution in [0.15, 0.2) is 5.16 Å². The standard InChI is InChI=1S/C5H8N2S3/c1-3(2)9-4-6-5(8)10-7-4/h3H,1-2H3,(H,6,7,8). The van der Waals surface area contributed by atoms with Gasteiger partial charge in [-0.05, 0) is 23.8 Å². The second kappa shape index (κ2) is 3.50. The van der Waals surface area contributed by atoms with Gasteiger partial charge >= 0.3 is 0 Å². The molecule has 0 amide bonds. The van der Waals surface area contributed by atoms with Crippen LogP contribution >= 0.6 is 35.5 Å². The van der Waals surface area contributed by atoms with Gasteiger partial charge in [-0.25, -0.2) is 4.98 Å². The topological polar surface area (TPSA) is 28.7 Å². The summed E-state index contributed by atoms with van der Waals surface area (Å²) >= 11 is 7.95. The molecule has 1 heterocycles. The Morgan fingerprint density at radius 3 is 2.80 bits per heavy atom. The van der Waals surface area contributed by atoms with Gasteiger partial charge in [0, 0.05) is 5.25 Å². The largest absolute Gasteiger partial charge is 0.287 e. The highest BCUT2D eigenvalue weighted by molar-refractivity contribution is 7.99. The lowest BCUT2D eigenvalue weighted by Crippen LogP contribution is -1.86. The third-order valence-electron chi connectivity index (χ3n) is 0.766. The monoisotopic (exact) mass is 192 g/mol. The Hall–Kier alpha value is 0.130. The van der Waals surface area contributed by atoms with E-state index in [1.54, 1.807) is 11.8 Å². The number of aromatic amines is 1. The van der Waals surface area contributed by atoms with Crippen molar-refractivity contribution in [3.63, 3.8) is 0 Å². The van der Waals surface area contributed by atoms with E-state index in [4.69, 9.17) is 12.2 Å². The number of hydrogen-bond donors (Lipinski definition) is 1. The predicted molar refractivity (Wildman–Crippen MR) is 48.3 cm³/mol. The van der Waals surface area contributed by atoms with Crippen molar-refractivity contribution in [3.8, 4) is 0 Å². The Balaban J connectivity index is 2.67. The van der Waals surface area contributed by atoms with Gasteiger partial charge in [0.2, 0.25) is 0 Å². The first-order chi connectivity index (χ1) is 4.68. The van der Waals surface area contributed by atoms with Crippen LogP contribution in [0.2, 0.25) is 0 Å². The predicted octanol–water partition coefficient (Wildman–Crippen LogP) is 2.70. The number of aromatic nitrogens is 2. The Morgan fingerprint density at radius 2 is 2.40 bits per heavy atom. The van der Waals surface area contributed by atoms with Gasteiger partial charge in [0.05, 0.1) is 0 Å². The van der Waals surface area contributed by atoms with Gasteiger partial charge in [-0.1, -0.05) is 25.6 Å². The molecule has 10 heavy (non-hydrogen) atoms. The first kappa shape index (κ1) is 8.23. The molecule has 0 radical (unpaired) electrons. The molecule has 0 unspecified atom stereocenters. The molecule has 1 aromatic heterocycles. The fraction of sp³-hybridized carbons (Fsp3) is 0.600. The zero-order valence-corrected chi connectivity index (χ0v) is 8.20. The fourth-order valence-corrected chi connectivity index (χ4v) is 2.09. The van der Waals surface area contributed by atoms with Crippen molar-refractivity contribution in [3.05, 3.63) is 3.95 Å². The van der Waals surface area contributed by atoms with Crippen LogP contribution in [0.5, 0.6) is 0 Å². The van der Waals surface area contributed by atoms with Crippen molar-refractivity contribution < 1.29 is 0 Å². The lowest BCUT2D eigenvalue weighted by molar-refractivity contribution is 1.03. The molecule has 0 spiro atoms. The van der Waals surface area contributed by atoms with Crippen LogP contribution in [0.4, 0.5) is 0 Å². The minimum absolute atomic E-state index is 0.563. The molecule has 0 aliphatic heterocycles. The summed E-state index contributed by atoms with van der Waals surface area (Å²) in [6.45, 7) is 4.25. The summed E-state index contributed by atoms with van der Waals surface area (Å²) in [6.07, 6.45) is 0. The van der Waals surface area contributed by atoms with Gasteiger partial charge in [-0.3, -0.25) is 4.37 Å². The minimum atomic E-state index is 0.563. The third kappa shape index (κ3) is 2.40. The van der Waals surface area contributed by atoms with Crippen molar-refractivity contribution >= 4 is 35.5 Å². The van der Waals surface area contributed by atoms with Gasteiger partial charge in [-0.2, -0.15) is 0 Å². The van der Waals surface area contributed by atoms with E-state index in [0.717, 1.165) is 5.16 Å². The molecule has 0 aromatic carbocycles. The van der Waals surface area contributed by atoms with Gasteiger partial charge in [0.25, 0.3) is 0 Å². The molecule has 56 valence electrons. The van der Waals surface area contributed by atoms with E-state index in [0.29, 0.717) is 9.20 Å². The van der Waals surface area contributed by atoms with Gasteiger partial charge in [0.1, 0.15) is 0 Å². The summed E-state index contributed by atoms with van der Waals surface area (Å²) in [4.78, 5) is 4.09. The lowest BCUT2D eigenvalue weighted by Gasteiger charge is -1.97. The van der Waals surface area contributed by atoms with E-state index in [-0.39, 0.29) is 0 Å². The second-order valence-corrected chi connectivity index (χ2v) is 5.06. The van der Waals surface area contributed by atoms with Crippen LogP contribution in [0, 0.1) is 3.95 Å². The highest BCUT2D eigenvalue weighted by Gasteiger charge is 1.99. The molecule has 2 nitrogen and oxygen atoms in total. The van der Waals surface area contributed by atoms with E-state index >= 15 is 0 Å². The number of hydrogen-bond acceptors (Lipinski definition) is 4. The van der Waals surface area contributed by atoms with Crippen molar-refractivity contribution in [1.82, 2.24) is 9.36 Å². The smallest absolute Gasteiger partial charge is 0.198 e. The Bertz CT molecular complexity index is 249. The summed E-state index contributed by atoms with van der Waals surface area (Å²) < 4.78 is 3.71. The fourth-order valence-electron chi connectivity index (χ4n) is 0.490. The minimum Gasteiger partial charge on any atom is -0.287 e. The van der Waals surface area contributed by atoms with Crippen LogP contribution in [0.25, 0.3) is 0 Å². The van der Waals surface area contributed by atoms with Crippen LogP contribution in [-0.4, -0.2) is 14.6 Å². The van der Waals surface area contributed by atoms with Crippen molar-refractivity contribution in [2.24, 2.45) is 0 Å². The van der Waals surface area contributed by atoms with E-state index < -0.39 is 0 Å². The maximum atomic E-state index is 4.85. The molecular weight excluding hydrogens is 184 g/mol. The van der Waals surface area contributed by atoms with E-state index in [1.807, 2.05) is 0 Å². The quantitative estimate of drug-likeness (QED) is 0.577. The lowest BCUT2D eigenvalue weighted by atomic mass is 10.6. The summed E-state index contributed by atoms with van der Waals surface area (Å²) in [5.74, 6) is 0. The molecule has 0 fully saturated rings. The molecule has 0 atom stereocenters. The number of nitrogens with one attached hydrogen (secondary N) is 1. The molecule has 1 N–H and O–H groups in total. The van der Waals surface area contributed by atoms with E-state index in [9.17, 15) is 0 Å². The molecule has 1 rings (SSSR count). The van der Waals surface area contributed by atoms with Crippen LogP contribution < -0.4 is 0 Å². The summed E-state index contributed by atoms with van der Waals surface area (Å²) in [7, 11) is 0. The van der Waals surface area contributed by atoms with Gasteiger partial charge in [0.15, 0.2) is 9.11 Å². The zero-order valence-electron chi connectivity index (χ0n) is 5.75. The SMILES string of the molecule is CC(C)Sc1nc(=S)s[nH]1. The maximum Gasteiger partial charge on any atom is 0.198 e. The molecule has 0 saturated heterocycles. The summed E-state index contributed by atoms with van der Waals surface area (Å²) in [5.41, 5.74) is 0. The molecule has 0 aliphatic rings.